The molecule has 0 saturated carbocycles. The van der Waals surface area contributed by atoms with Gasteiger partial charge in [-0.05, 0) is 12.8 Å². The van der Waals surface area contributed by atoms with E-state index in [1.807, 2.05) is 0 Å². The van der Waals surface area contributed by atoms with Crippen molar-refractivity contribution >= 4 is 5.91 Å². The molecule has 0 fully saturated rings. The summed E-state index contributed by atoms with van der Waals surface area (Å²) in [6.45, 7) is 7.39. The lowest BCUT2D eigenvalue weighted by Crippen LogP contribution is -2.32. The lowest BCUT2D eigenvalue weighted by molar-refractivity contribution is 0.0722. The average Bonchev–Trinajstić information content (AvgIpc) is 2.63. The maximum absolute atomic E-state index is 11.9. The standard InChI is InChI=1S/C11H18N2O2/c1-4-6-13(7-5-2)11(14)10-8-12-9(3)15-10/h8H,4-7H2,1-3H3. The summed E-state index contributed by atoms with van der Waals surface area (Å²) in [5.74, 6) is 0.819. The highest BCUT2D eigenvalue weighted by Crippen LogP contribution is 2.07. The van der Waals surface area contributed by atoms with Crippen molar-refractivity contribution in [3.63, 3.8) is 0 Å². The fourth-order valence-corrected chi connectivity index (χ4v) is 1.47. The van der Waals surface area contributed by atoms with Gasteiger partial charge in [0.25, 0.3) is 5.91 Å². The molecule has 0 spiro atoms. The minimum atomic E-state index is -0.0562. The molecule has 0 aliphatic carbocycles. The van der Waals surface area contributed by atoms with Gasteiger partial charge in [0.2, 0.25) is 5.76 Å². The van der Waals surface area contributed by atoms with Crippen LogP contribution in [0, 0.1) is 6.92 Å². The highest BCUT2D eigenvalue weighted by atomic mass is 16.4. The van der Waals surface area contributed by atoms with Gasteiger partial charge in [-0.3, -0.25) is 4.79 Å². The number of nitrogens with zero attached hydrogens (tertiary/aromatic N) is 2. The van der Waals surface area contributed by atoms with Gasteiger partial charge in [-0.1, -0.05) is 13.8 Å². The molecule has 0 aliphatic rings. The van der Waals surface area contributed by atoms with Crippen LogP contribution in [0.3, 0.4) is 0 Å². The van der Waals surface area contributed by atoms with Crippen LogP contribution in [0.2, 0.25) is 0 Å². The molecule has 0 aliphatic heterocycles. The first-order chi connectivity index (χ1) is 7.19. The molecule has 0 atom stereocenters. The Balaban J connectivity index is 2.71. The number of carbonyl (C=O) groups excluding carboxylic acids is 1. The number of hydrogen-bond acceptors (Lipinski definition) is 3. The molecular formula is C11H18N2O2. The van der Waals surface area contributed by atoms with Crippen LogP contribution in [-0.4, -0.2) is 28.9 Å². The summed E-state index contributed by atoms with van der Waals surface area (Å²) in [6.07, 6.45) is 3.41. The Morgan fingerprint density at radius 1 is 1.40 bits per heavy atom. The predicted molar refractivity (Wildman–Crippen MR) is 57.7 cm³/mol. The zero-order valence-corrected chi connectivity index (χ0v) is 9.62. The molecule has 1 amide bonds. The van der Waals surface area contributed by atoms with E-state index in [4.69, 9.17) is 4.42 Å². The van der Waals surface area contributed by atoms with Gasteiger partial charge in [-0.25, -0.2) is 4.98 Å². The maximum atomic E-state index is 11.9. The Hall–Kier alpha value is -1.32. The number of amides is 1. The van der Waals surface area contributed by atoms with Crippen LogP contribution in [0.15, 0.2) is 10.6 Å². The van der Waals surface area contributed by atoms with E-state index in [-0.39, 0.29) is 5.91 Å². The fraction of sp³-hybridized carbons (Fsp3) is 0.636. The first-order valence-corrected chi connectivity index (χ1v) is 5.40. The Morgan fingerprint density at radius 3 is 2.40 bits per heavy atom. The zero-order chi connectivity index (χ0) is 11.3. The quantitative estimate of drug-likeness (QED) is 0.748. The van der Waals surface area contributed by atoms with Crippen LogP contribution in [0.1, 0.15) is 43.1 Å². The summed E-state index contributed by atoms with van der Waals surface area (Å²) in [5, 5.41) is 0. The summed E-state index contributed by atoms with van der Waals surface area (Å²) < 4.78 is 5.22. The van der Waals surface area contributed by atoms with Crippen molar-refractivity contribution in [1.29, 1.82) is 0 Å². The third kappa shape index (κ3) is 3.08. The van der Waals surface area contributed by atoms with Gasteiger partial charge < -0.3 is 9.32 Å². The average molecular weight is 210 g/mol. The van der Waals surface area contributed by atoms with Gasteiger partial charge >= 0.3 is 0 Å². The van der Waals surface area contributed by atoms with Crippen molar-refractivity contribution in [3.05, 3.63) is 17.8 Å². The fourth-order valence-electron chi connectivity index (χ4n) is 1.47. The molecule has 0 aromatic carbocycles. The summed E-state index contributed by atoms with van der Waals surface area (Å²) in [7, 11) is 0. The second kappa shape index (κ2) is 5.53. The molecule has 1 aromatic rings. The molecule has 0 unspecified atom stereocenters. The van der Waals surface area contributed by atoms with Crippen molar-refractivity contribution in [2.45, 2.75) is 33.6 Å². The van der Waals surface area contributed by atoms with Crippen molar-refractivity contribution in [1.82, 2.24) is 9.88 Å². The molecule has 4 heteroatoms. The molecule has 1 aromatic heterocycles. The molecule has 0 bridgehead atoms. The molecule has 4 nitrogen and oxygen atoms in total. The normalized spacial score (nSPS) is 10.3. The molecule has 1 heterocycles. The minimum absolute atomic E-state index is 0.0562. The number of aromatic nitrogens is 1. The summed E-state index contributed by atoms with van der Waals surface area (Å²) in [4.78, 5) is 17.7. The molecule has 15 heavy (non-hydrogen) atoms. The van der Waals surface area contributed by atoms with Crippen LogP contribution in [0.5, 0.6) is 0 Å². The molecule has 84 valence electrons. The second-order valence-corrected chi connectivity index (χ2v) is 3.54. The van der Waals surface area contributed by atoms with Crippen molar-refractivity contribution in [3.8, 4) is 0 Å². The smallest absolute Gasteiger partial charge is 0.291 e. The molecular weight excluding hydrogens is 192 g/mol. The van der Waals surface area contributed by atoms with E-state index in [9.17, 15) is 4.79 Å². The lowest BCUT2D eigenvalue weighted by atomic mass is 10.3. The second-order valence-electron chi connectivity index (χ2n) is 3.54. The molecule has 0 saturated heterocycles. The Labute approximate surface area is 90.3 Å². The van der Waals surface area contributed by atoms with Crippen LogP contribution in [0.25, 0.3) is 0 Å². The van der Waals surface area contributed by atoms with E-state index in [1.54, 1.807) is 11.8 Å². The van der Waals surface area contributed by atoms with E-state index in [0.717, 1.165) is 25.9 Å². The summed E-state index contributed by atoms with van der Waals surface area (Å²) >= 11 is 0. The van der Waals surface area contributed by atoms with Gasteiger partial charge in [0.15, 0.2) is 5.89 Å². The maximum Gasteiger partial charge on any atom is 0.291 e. The highest BCUT2D eigenvalue weighted by molar-refractivity contribution is 5.91. The van der Waals surface area contributed by atoms with Crippen LogP contribution < -0.4 is 0 Å². The third-order valence-corrected chi connectivity index (χ3v) is 2.11. The summed E-state index contributed by atoms with van der Waals surface area (Å²) in [5.41, 5.74) is 0. The molecule has 0 N–H and O–H groups in total. The number of carbonyl (C=O) groups is 1. The predicted octanol–water partition coefficient (Wildman–Crippen LogP) is 2.25. The van der Waals surface area contributed by atoms with E-state index in [0.29, 0.717) is 11.7 Å². The molecule has 0 radical (unpaired) electrons. The first-order valence-electron chi connectivity index (χ1n) is 5.40. The zero-order valence-electron chi connectivity index (χ0n) is 9.62. The van der Waals surface area contributed by atoms with Crippen molar-refractivity contribution in [2.24, 2.45) is 0 Å². The number of rotatable bonds is 5. The number of hydrogen-bond donors (Lipinski definition) is 0. The van der Waals surface area contributed by atoms with Gasteiger partial charge in [-0.2, -0.15) is 0 Å². The molecule has 1 rings (SSSR count). The SMILES string of the molecule is CCCN(CCC)C(=O)c1cnc(C)o1. The van der Waals surface area contributed by atoms with E-state index in [2.05, 4.69) is 18.8 Å². The lowest BCUT2D eigenvalue weighted by Gasteiger charge is -2.19. The topological polar surface area (TPSA) is 46.3 Å². The van der Waals surface area contributed by atoms with Gasteiger partial charge in [-0.15, -0.1) is 0 Å². The Bertz CT molecular complexity index is 314. The van der Waals surface area contributed by atoms with Crippen LogP contribution in [0.4, 0.5) is 0 Å². The first kappa shape index (κ1) is 11.8. The minimum Gasteiger partial charge on any atom is -0.436 e. The highest BCUT2D eigenvalue weighted by Gasteiger charge is 2.17. The van der Waals surface area contributed by atoms with E-state index >= 15 is 0 Å². The van der Waals surface area contributed by atoms with Crippen molar-refractivity contribution in [2.75, 3.05) is 13.1 Å². The number of aryl methyl sites for hydroxylation is 1. The summed E-state index contributed by atoms with van der Waals surface area (Å²) in [6, 6.07) is 0. The van der Waals surface area contributed by atoms with E-state index in [1.165, 1.54) is 6.20 Å². The van der Waals surface area contributed by atoms with Crippen LogP contribution >= 0.6 is 0 Å². The Morgan fingerprint density at radius 2 is 2.00 bits per heavy atom. The largest absolute Gasteiger partial charge is 0.436 e. The van der Waals surface area contributed by atoms with E-state index < -0.39 is 0 Å². The monoisotopic (exact) mass is 210 g/mol. The third-order valence-electron chi connectivity index (χ3n) is 2.11. The van der Waals surface area contributed by atoms with Crippen LogP contribution in [-0.2, 0) is 0 Å². The van der Waals surface area contributed by atoms with Crippen molar-refractivity contribution < 1.29 is 9.21 Å². The van der Waals surface area contributed by atoms with Gasteiger partial charge in [0.05, 0.1) is 6.20 Å². The van der Waals surface area contributed by atoms with Gasteiger partial charge in [0.1, 0.15) is 0 Å². The Kier molecular flexibility index (Phi) is 4.34. The number of oxazole rings is 1. The van der Waals surface area contributed by atoms with Gasteiger partial charge in [0, 0.05) is 20.0 Å².